The first-order valence-electron chi connectivity index (χ1n) is 9.69. The Labute approximate surface area is 135 Å². The van der Waals surface area contributed by atoms with E-state index in [0.717, 1.165) is 17.8 Å². The summed E-state index contributed by atoms with van der Waals surface area (Å²) in [4.78, 5) is 0. The normalized spacial score (nSPS) is 28.1. The third-order valence-corrected chi connectivity index (χ3v) is 6.78. The molecule has 21 heavy (non-hydrogen) atoms. The molecule has 2 aliphatic carbocycles. The van der Waals surface area contributed by atoms with E-state index in [9.17, 15) is 0 Å². The summed E-state index contributed by atoms with van der Waals surface area (Å²) in [6.07, 6.45) is 13.2. The first-order chi connectivity index (χ1) is 9.69. The largest absolute Gasteiger partial charge is 0.0625 e. The summed E-state index contributed by atoms with van der Waals surface area (Å²) in [7, 11) is 0. The molecule has 0 bridgehead atoms. The molecule has 2 fully saturated rings. The number of hydrogen-bond acceptors (Lipinski definition) is 0. The predicted molar refractivity (Wildman–Crippen MR) is 96.6 cm³/mol. The van der Waals surface area contributed by atoms with E-state index in [0.29, 0.717) is 10.8 Å². The van der Waals surface area contributed by atoms with Crippen LogP contribution in [0.5, 0.6) is 0 Å². The third-order valence-electron chi connectivity index (χ3n) is 6.78. The minimum atomic E-state index is 0.617. The van der Waals surface area contributed by atoms with Gasteiger partial charge in [0.25, 0.3) is 0 Å². The Bertz CT molecular complexity index is 278. The molecule has 126 valence electrons. The van der Waals surface area contributed by atoms with Gasteiger partial charge in [-0.05, 0) is 54.3 Å². The Morgan fingerprint density at radius 2 is 1.24 bits per heavy atom. The molecule has 0 aromatic carbocycles. The van der Waals surface area contributed by atoms with E-state index < -0.39 is 0 Å². The quantitative estimate of drug-likeness (QED) is 0.495. The predicted octanol–water partition coefficient (Wildman–Crippen LogP) is 7.47. The summed E-state index contributed by atoms with van der Waals surface area (Å²) >= 11 is 0. The summed E-state index contributed by atoms with van der Waals surface area (Å²) < 4.78 is 0. The lowest BCUT2D eigenvalue weighted by molar-refractivity contribution is 0.0958. The van der Waals surface area contributed by atoms with Crippen molar-refractivity contribution in [2.24, 2.45) is 28.6 Å². The van der Waals surface area contributed by atoms with Gasteiger partial charge >= 0.3 is 0 Å². The molecule has 0 N–H and O–H groups in total. The topological polar surface area (TPSA) is 0 Å². The Balaban J connectivity index is 0.000000211. The Kier molecular flexibility index (Phi) is 7.28. The standard InChI is InChI=1S/C11H22.C10H20/c1-9(2)10-7-5-6-8-11(10,3)4;1-9(2)10(3)7-5-4-6-8-10/h9-10H,5-8H2,1-4H3;9H,4-8H2,1-3H3. The fraction of sp³-hybridized carbons (Fsp3) is 1.00. The first-order valence-corrected chi connectivity index (χ1v) is 9.69. The van der Waals surface area contributed by atoms with Crippen molar-refractivity contribution in [2.45, 2.75) is 106 Å². The Morgan fingerprint density at radius 3 is 1.57 bits per heavy atom. The zero-order valence-corrected chi connectivity index (χ0v) is 16.1. The van der Waals surface area contributed by atoms with E-state index in [4.69, 9.17) is 0 Å². The van der Waals surface area contributed by atoms with Crippen LogP contribution >= 0.6 is 0 Å². The Morgan fingerprint density at radius 1 is 0.714 bits per heavy atom. The molecule has 0 saturated heterocycles. The van der Waals surface area contributed by atoms with Gasteiger partial charge < -0.3 is 0 Å². The van der Waals surface area contributed by atoms with Crippen LogP contribution in [0.15, 0.2) is 0 Å². The summed E-state index contributed by atoms with van der Waals surface area (Å²) in [6.45, 7) is 16.8. The molecule has 1 unspecified atom stereocenters. The fourth-order valence-electron chi connectivity index (χ4n) is 4.69. The number of rotatable bonds is 2. The van der Waals surface area contributed by atoms with Crippen LogP contribution in [0.4, 0.5) is 0 Å². The Hall–Kier alpha value is 0. The van der Waals surface area contributed by atoms with Crippen LogP contribution in [0.1, 0.15) is 106 Å². The van der Waals surface area contributed by atoms with E-state index in [1.54, 1.807) is 0 Å². The molecule has 0 amide bonds. The van der Waals surface area contributed by atoms with Gasteiger partial charge in [0, 0.05) is 0 Å². The van der Waals surface area contributed by atoms with E-state index in [1.807, 2.05) is 0 Å². The first kappa shape index (κ1) is 19.0. The maximum absolute atomic E-state index is 2.46. The number of hydrogen-bond donors (Lipinski definition) is 0. The van der Waals surface area contributed by atoms with Crippen LogP contribution in [-0.4, -0.2) is 0 Å². The third kappa shape index (κ3) is 5.61. The van der Waals surface area contributed by atoms with Crippen molar-refractivity contribution >= 4 is 0 Å². The van der Waals surface area contributed by atoms with Gasteiger partial charge in [0.1, 0.15) is 0 Å². The van der Waals surface area contributed by atoms with E-state index in [1.165, 1.54) is 57.8 Å². The molecular formula is C21H42. The second-order valence-corrected chi connectivity index (χ2v) is 9.45. The van der Waals surface area contributed by atoms with Crippen molar-refractivity contribution in [3.8, 4) is 0 Å². The summed E-state index contributed by atoms with van der Waals surface area (Å²) in [5.74, 6) is 2.73. The van der Waals surface area contributed by atoms with E-state index >= 15 is 0 Å². The fourth-order valence-corrected chi connectivity index (χ4v) is 4.69. The maximum atomic E-state index is 2.46. The van der Waals surface area contributed by atoms with Gasteiger partial charge in [0.2, 0.25) is 0 Å². The van der Waals surface area contributed by atoms with Crippen LogP contribution in [0.2, 0.25) is 0 Å². The van der Waals surface area contributed by atoms with E-state index in [2.05, 4.69) is 48.5 Å². The molecule has 0 heteroatoms. The van der Waals surface area contributed by atoms with Gasteiger partial charge in [-0.25, -0.2) is 0 Å². The highest BCUT2D eigenvalue weighted by Gasteiger charge is 2.33. The molecule has 0 radical (unpaired) electrons. The zero-order chi connectivity index (χ0) is 16.1. The minimum Gasteiger partial charge on any atom is -0.0625 e. The molecular weight excluding hydrogens is 252 g/mol. The molecule has 0 aromatic heterocycles. The molecule has 0 heterocycles. The zero-order valence-electron chi connectivity index (χ0n) is 16.1. The second kappa shape index (κ2) is 8.02. The van der Waals surface area contributed by atoms with Crippen molar-refractivity contribution in [1.82, 2.24) is 0 Å². The lowest BCUT2D eigenvalue weighted by Crippen LogP contribution is -2.31. The van der Waals surface area contributed by atoms with Crippen molar-refractivity contribution in [1.29, 1.82) is 0 Å². The van der Waals surface area contributed by atoms with Gasteiger partial charge in [-0.1, -0.05) is 80.6 Å². The van der Waals surface area contributed by atoms with Crippen molar-refractivity contribution in [3.05, 3.63) is 0 Å². The van der Waals surface area contributed by atoms with Gasteiger partial charge in [-0.3, -0.25) is 0 Å². The lowest BCUT2D eigenvalue weighted by Gasteiger charge is -2.41. The smallest absolute Gasteiger partial charge is 0.0303 e. The molecule has 0 nitrogen and oxygen atoms in total. The molecule has 0 aliphatic heterocycles. The minimum absolute atomic E-state index is 0.617. The van der Waals surface area contributed by atoms with Crippen molar-refractivity contribution in [3.63, 3.8) is 0 Å². The van der Waals surface area contributed by atoms with Gasteiger partial charge in [-0.2, -0.15) is 0 Å². The average Bonchev–Trinajstić information content (AvgIpc) is 2.39. The van der Waals surface area contributed by atoms with Gasteiger partial charge in [-0.15, -0.1) is 0 Å². The van der Waals surface area contributed by atoms with Gasteiger partial charge in [0.05, 0.1) is 0 Å². The van der Waals surface area contributed by atoms with Crippen molar-refractivity contribution < 1.29 is 0 Å². The lowest BCUT2D eigenvalue weighted by atomic mass is 9.65. The summed E-state index contributed by atoms with van der Waals surface area (Å²) in [6, 6.07) is 0. The monoisotopic (exact) mass is 294 g/mol. The second-order valence-electron chi connectivity index (χ2n) is 9.45. The van der Waals surface area contributed by atoms with Crippen LogP contribution in [0, 0.1) is 28.6 Å². The maximum Gasteiger partial charge on any atom is -0.0303 e. The van der Waals surface area contributed by atoms with Crippen LogP contribution in [-0.2, 0) is 0 Å². The highest BCUT2D eigenvalue weighted by molar-refractivity contribution is 4.84. The molecule has 0 aromatic rings. The van der Waals surface area contributed by atoms with Gasteiger partial charge in [0.15, 0.2) is 0 Å². The molecule has 1 atom stereocenters. The molecule has 2 saturated carbocycles. The SMILES string of the molecule is CC(C)C1(C)CCCCC1.CC(C)C1CCCCC1(C)C. The molecule has 2 rings (SSSR count). The highest BCUT2D eigenvalue weighted by Crippen LogP contribution is 2.44. The average molecular weight is 295 g/mol. The van der Waals surface area contributed by atoms with Crippen LogP contribution in [0.25, 0.3) is 0 Å². The van der Waals surface area contributed by atoms with Crippen LogP contribution in [0.3, 0.4) is 0 Å². The van der Waals surface area contributed by atoms with Crippen molar-refractivity contribution in [2.75, 3.05) is 0 Å². The highest BCUT2D eigenvalue weighted by atomic mass is 14.4. The summed E-state index contributed by atoms with van der Waals surface area (Å²) in [5.41, 5.74) is 1.30. The molecule has 2 aliphatic rings. The summed E-state index contributed by atoms with van der Waals surface area (Å²) in [5, 5.41) is 0. The van der Waals surface area contributed by atoms with Crippen LogP contribution < -0.4 is 0 Å². The molecule has 0 spiro atoms. The van der Waals surface area contributed by atoms with E-state index in [-0.39, 0.29) is 0 Å².